The van der Waals surface area contributed by atoms with E-state index in [1.165, 1.54) is 114 Å². The second-order valence-corrected chi connectivity index (χ2v) is 8.67. The van der Waals surface area contributed by atoms with E-state index >= 15 is 0 Å². The standard InChI is InChI=1S/C28H44.Na.H/c1-3-5-7-9-11-13-15-19-25-23-24-26-20-17-18-22-28(26)27(25)21-16-14-12-10-8-6-4-2;;/h17-18,20,22-24H,3-16,19,21H2,1-2H3;;. The molecule has 0 saturated heterocycles. The summed E-state index contributed by atoms with van der Waals surface area (Å²) in [6, 6.07) is 13.8. The van der Waals surface area contributed by atoms with Gasteiger partial charge in [0, 0.05) is 0 Å². The third-order valence-electron chi connectivity index (χ3n) is 6.22. The van der Waals surface area contributed by atoms with E-state index in [1.807, 2.05) is 0 Å². The summed E-state index contributed by atoms with van der Waals surface area (Å²) >= 11 is 0. The van der Waals surface area contributed by atoms with E-state index in [1.54, 1.807) is 11.1 Å². The Morgan fingerprint density at radius 2 is 1.03 bits per heavy atom. The summed E-state index contributed by atoms with van der Waals surface area (Å²) in [5.41, 5.74) is 3.27. The van der Waals surface area contributed by atoms with Crippen molar-refractivity contribution in [3.05, 3.63) is 47.5 Å². The van der Waals surface area contributed by atoms with E-state index in [9.17, 15) is 0 Å². The van der Waals surface area contributed by atoms with E-state index in [4.69, 9.17) is 0 Å². The maximum absolute atomic E-state index is 2.43. The van der Waals surface area contributed by atoms with Crippen molar-refractivity contribution < 1.29 is 0 Å². The Morgan fingerprint density at radius 1 is 0.517 bits per heavy atom. The van der Waals surface area contributed by atoms with Crippen LogP contribution in [0.15, 0.2) is 36.4 Å². The van der Waals surface area contributed by atoms with Crippen LogP contribution in [-0.4, -0.2) is 29.6 Å². The molecule has 0 aliphatic rings. The molecule has 2 aromatic carbocycles. The van der Waals surface area contributed by atoms with Gasteiger partial charge in [-0.3, -0.25) is 0 Å². The molecule has 0 unspecified atom stereocenters. The molecule has 0 amide bonds. The molecule has 0 aliphatic heterocycles. The Bertz CT molecular complexity index is 646. The third-order valence-corrected chi connectivity index (χ3v) is 6.22. The molecule has 0 aliphatic carbocycles. The van der Waals surface area contributed by atoms with Gasteiger partial charge in [-0.25, -0.2) is 0 Å². The van der Waals surface area contributed by atoms with Crippen molar-refractivity contribution in [1.29, 1.82) is 0 Å². The summed E-state index contributed by atoms with van der Waals surface area (Å²) in [5.74, 6) is 0. The van der Waals surface area contributed by atoms with Crippen molar-refractivity contribution in [3.63, 3.8) is 0 Å². The number of hydrogen-bond acceptors (Lipinski definition) is 0. The van der Waals surface area contributed by atoms with Crippen LogP contribution in [0.5, 0.6) is 0 Å². The van der Waals surface area contributed by atoms with Gasteiger partial charge in [0.1, 0.15) is 0 Å². The van der Waals surface area contributed by atoms with Gasteiger partial charge >= 0.3 is 29.6 Å². The van der Waals surface area contributed by atoms with Gasteiger partial charge in [-0.2, -0.15) is 0 Å². The van der Waals surface area contributed by atoms with Crippen molar-refractivity contribution in [2.75, 3.05) is 0 Å². The van der Waals surface area contributed by atoms with Crippen molar-refractivity contribution in [2.45, 2.75) is 117 Å². The zero-order valence-electron chi connectivity index (χ0n) is 18.8. The molecule has 1 heteroatoms. The molecule has 0 nitrogen and oxygen atoms in total. The topological polar surface area (TPSA) is 0 Å². The molecule has 0 N–H and O–H groups in total. The first-order valence-electron chi connectivity index (χ1n) is 12.4. The van der Waals surface area contributed by atoms with Gasteiger partial charge in [0.05, 0.1) is 0 Å². The second kappa shape index (κ2) is 17.4. The fraction of sp³-hybridized carbons (Fsp3) is 0.643. The normalized spacial score (nSPS) is 11.0. The van der Waals surface area contributed by atoms with Crippen LogP contribution in [0.4, 0.5) is 0 Å². The Morgan fingerprint density at radius 3 is 1.66 bits per heavy atom. The summed E-state index contributed by atoms with van der Waals surface area (Å²) in [6.45, 7) is 4.60. The summed E-state index contributed by atoms with van der Waals surface area (Å²) in [5, 5.41) is 2.93. The number of unbranched alkanes of at least 4 members (excludes halogenated alkanes) is 12. The maximum atomic E-state index is 2.43. The van der Waals surface area contributed by atoms with Crippen LogP contribution in [0.2, 0.25) is 0 Å². The fourth-order valence-corrected chi connectivity index (χ4v) is 4.44. The molecule has 0 radical (unpaired) electrons. The molecular weight excluding hydrogens is 359 g/mol. The zero-order chi connectivity index (χ0) is 19.9. The summed E-state index contributed by atoms with van der Waals surface area (Å²) in [7, 11) is 0. The Kier molecular flexibility index (Phi) is 16.0. The minimum atomic E-state index is 0. The minimum absolute atomic E-state index is 0. The first kappa shape index (κ1) is 26.7. The Hall–Kier alpha value is -0.300. The van der Waals surface area contributed by atoms with Crippen LogP contribution in [0.25, 0.3) is 10.8 Å². The molecule has 0 spiro atoms. The quantitative estimate of drug-likeness (QED) is 0.194. The number of benzene rings is 2. The van der Waals surface area contributed by atoms with Gasteiger partial charge in [-0.1, -0.05) is 127 Å². The monoisotopic (exact) mass is 404 g/mol. The van der Waals surface area contributed by atoms with Crippen LogP contribution in [0.3, 0.4) is 0 Å². The number of fused-ring (bicyclic) bond motifs is 1. The summed E-state index contributed by atoms with van der Waals surface area (Å²) in [6.07, 6.45) is 22.1. The molecule has 158 valence electrons. The molecule has 0 saturated carbocycles. The van der Waals surface area contributed by atoms with Crippen LogP contribution < -0.4 is 0 Å². The van der Waals surface area contributed by atoms with Crippen molar-refractivity contribution in [3.8, 4) is 0 Å². The molecule has 0 fully saturated rings. The van der Waals surface area contributed by atoms with Crippen LogP contribution >= 0.6 is 0 Å². The number of hydrogen-bond donors (Lipinski definition) is 0. The van der Waals surface area contributed by atoms with E-state index in [0.29, 0.717) is 0 Å². The summed E-state index contributed by atoms with van der Waals surface area (Å²) in [4.78, 5) is 0. The van der Waals surface area contributed by atoms with Gasteiger partial charge in [-0.05, 0) is 47.6 Å². The first-order valence-corrected chi connectivity index (χ1v) is 12.4. The van der Waals surface area contributed by atoms with Crippen LogP contribution in [0, 0.1) is 0 Å². The van der Waals surface area contributed by atoms with E-state index in [-0.39, 0.29) is 29.6 Å². The molecule has 2 rings (SSSR count). The zero-order valence-corrected chi connectivity index (χ0v) is 18.8. The van der Waals surface area contributed by atoms with Gasteiger partial charge in [-0.15, -0.1) is 0 Å². The second-order valence-electron chi connectivity index (χ2n) is 8.67. The van der Waals surface area contributed by atoms with Crippen LogP contribution in [0.1, 0.15) is 115 Å². The average Bonchev–Trinajstić information content (AvgIpc) is 2.73. The number of rotatable bonds is 16. The van der Waals surface area contributed by atoms with E-state index in [0.717, 1.165) is 0 Å². The number of aryl methyl sites for hydroxylation is 2. The Balaban J connectivity index is 0.00000420. The van der Waals surface area contributed by atoms with Gasteiger partial charge < -0.3 is 0 Å². The molecule has 29 heavy (non-hydrogen) atoms. The van der Waals surface area contributed by atoms with Crippen molar-refractivity contribution in [1.82, 2.24) is 0 Å². The third kappa shape index (κ3) is 10.5. The van der Waals surface area contributed by atoms with Crippen LogP contribution in [-0.2, 0) is 12.8 Å². The first-order chi connectivity index (χ1) is 13.9. The molecule has 0 atom stereocenters. The molecule has 2 aromatic rings. The predicted molar refractivity (Wildman–Crippen MR) is 134 cm³/mol. The van der Waals surface area contributed by atoms with Crippen molar-refractivity contribution in [2.24, 2.45) is 0 Å². The van der Waals surface area contributed by atoms with Crippen molar-refractivity contribution >= 4 is 40.3 Å². The van der Waals surface area contributed by atoms with E-state index < -0.39 is 0 Å². The predicted octanol–water partition coefficient (Wildman–Crippen LogP) is 8.78. The van der Waals surface area contributed by atoms with Gasteiger partial charge in [0.25, 0.3) is 0 Å². The van der Waals surface area contributed by atoms with Gasteiger partial charge in [0.2, 0.25) is 0 Å². The fourth-order valence-electron chi connectivity index (χ4n) is 4.44. The SMILES string of the molecule is CCCCCCCCCc1ccc2ccccc2c1CCCCCCCCC.[NaH]. The molecule has 0 bridgehead atoms. The average molecular weight is 405 g/mol. The molecule has 0 aromatic heterocycles. The molecular formula is C28H45Na. The van der Waals surface area contributed by atoms with E-state index in [2.05, 4.69) is 50.2 Å². The van der Waals surface area contributed by atoms with Gasteiger partial charge in [0.15, 0.2) is 0 Å². The Labute approximate surface area is 203 Å². The summed E-state index contributed by atoms with van der Waals surface area (Å²) < 4.78 is 0. The molecule has 0 heterocycles.